The van der Waals surface area contributed by atoms with E-state index >= 15 is 0 Å². The monoisotopic (exact) mass is 366 g/mol. The molecule has 0 aliphatic heterocycles. The predicted octanol–water partition coefficient (Wildman–Crippen LogP) is 4.15. The second kappa shape index (κ2) is 6.50. The van der Waals surface area contributed by atoms with Gasteiger partial charge in [-0.2, -0.15) is 0 Å². The van der Waals surface area contributed by atoms with Gasteiger partial charge < -0.3 is 9.42 Å². The van der Waals surface area contributed by atoms with Crippen molar-refractivity contribution >= 4 is 22.5 Å². The second-order valence-electron chi connectivity index (χ2n) is 6.65. The fraction of sp³-hybridized carbons (Fsp3) is 0.250. The molecule has 1 aromatic carbocycles. The molecule has 4 aromatic rings. The smallest absolute Gasteiger partial charge is 0.254 e. The van der Waals surface area contributed by atoms with Crippen LogP contribution in [-0.4, -0.2) is 37.9 Å². The molecular formula is C20H19FN4O2. The molecule has 0 atom stereocenters. The lowest BCUT2D eigenvalue weighted by Crippen LogP contribution is -2.36. The number of amides is 1. The molecule has 0 saturated heterocycles. The van der Waals surface area contributed by atoms with Crippen molar-refractivity contribution in [2.75, 3.05) is 6.54 Å². The predicted molar refractivity (Wildman–Crippen MR) is 100.0 cm³/mol. The highest BCUT2D eigenvalue weighted by Gasteiger charge is 2.20. The summed E-state index contributed by atoms with van der Waals surface area (Å²) in [6, 6.07) is 8.34. The third-order valence-electron chi connectivity index (χ3n) is 4.66. The maximum Gasteiger partial charge on any atom is 0.254 e. The second-order valence-corrected chi connectivity index (χ2v) is 6.65. The number of carbonyl (C=O) groups is 1. The van der Waals surface area contributed by atoms with Crippen LogP contribution < -0.4 is 0 Å². The van der Waals surface area contributed by atoms with Crippen molar-refractivity contribution in [2.45, 2.75) is 26.8 Å². The molecule has 0 saturated carbocycles. The van der Waals surface area contributed by atoms with Crippen LogP contribution in [0, 0.1) is 5.82 Å². The van der Waals surface area contributed by atoms with Gasteiger partial charge in [0, 0.05) is 24.3 Å². The Morgan fingerprint density at radius 2 is 2.11 bits per heavy atom. The Bertz CT molecular complexity index is 1150. The van der Waals surface area contributed by atoms with Crippen LogP contribution in [0.15, 0.2) is 47.2 Å². The summed E-state index contributed by atoms with van der Waals surface area (Å²) in [5, 5.41) is 4.88. The van der Waals surface area contributed by atoms with Crippen LogP contribution in [-0.2, 0) is 0 Å². The zero-order valence-corrected chi connectivity index (χ0v) is 15.3. The van der Waals surface area contributed by atoms with Gasteiger partial charge in [0.15, 0.2) is 5.58 Å². The molecule has 4 rings (SSSR count). The van der Waals surface area contributed by atoms with E-state index in [4.69, 9.17) is 4.52 Å². The molecule has 7 heteroatoms. The summed E-state index contributed by atoms with van der Waals surface area (Å²) in [7, 11) is 0. The first-order valence-electron chi connectivity index (χ1n) is 8.83. The molecule has 0 radical (unpaired) electrons. The van der Waals surface area contributed by atoms with E-state index < -0.39 is 0 Å². The van der Waals surface area contributed by atoms with Gasteiger partial charge in [0.05, 0.1) is 17.3 Å². The third-order valence-corrected chi connectivity index (χ3v) is 4.66. The molecule has 6 nitrogen and oxygen atoms in total. The number of fused-ring (bicyclic) bond motifs is 2. The molecule has 0 aliphatic carbocycles. The Hall–Kier alpha value is -3.22. The van der Waals surface area contributed by atoms with E-state index in [1.165, 1.54) is 12.3 Å². The normalized spacial score (nSPS) is 11.6. The molecule has 3 aromatic heterocycles. The SMILES string of the molecule is CCN(C(=O)c1ccc2c(-c3cnc4ccc(F)cn34)noc2c1)C(C)C. The van der Waals surface area contributed by atoms with Gasteiger partial charge in [-0.1, -0.05) is 5.16 Å². The lowest BCUT2D eigenvalue weighted by Gasteiger charge is -2.25. The fourth-order valence-electron chi connectivity index (χ4n) is 3.29. The summed E-state index contributed by atoms with van der Waals surface area (Å²) >= 11 is 0. The molecule has 0 bridgehead atoms. The molecule has 0 N–H and O–H groups in total. The Kier molecular flexibility index (Phi) is 4.14. The van der Waals surface area contributed by atoms with Crippen molar-refractivity contribution in [1.29, 1.82) is 0 Å². The molecule has 0 spiro atoms. The van der Waals surface area contributed by atoms with Gasteiger partial charge in [0.2, 0.25) is 0 Å². The first kappa shape index (κ1) is 17.2. The van der Waals surface area contributed by atoms with Gasteiger partial charge in [-0.15, -0.1) is 0 Å². The minimum absolute atomic E-state index is 0.0516. The molecule has 3 heterocycles. The number of nitrogens with zero attached hydrogens (tertiary/aromatic N) is 4. The van der Waals surface area contributed by atoms with Crippen LogP contribution in [0.4, 0.5) is 4.39 Å². The molecule has 0 unspecified atom stereocenters. The maximum absolute atomic E-state index is 13.6. The first-order chi connectivity index (χ1) is 13.0. The molecule has 0 fully saturated rings. The van der Waals surface area contributed by atoms with E-state index in [-0.39, 0.29) is 17.8 Å². The average molecular weight is 366 g/mol. The number of hydrogen-bond acceptors (Lipinski definition) is 4. The number of imidazole rings is 1. The van der Waals surface area contributed by atoms with Crippen LogP contribution in [0.3, 0.4) is 0 Å². The van der Waals surface area contributed by atoms with Crippen LogP contribution in [0.1, 0.15) is 31.1 Å². The Morgan fingerprint density at radius 1 is 1.30 bits per heavy atom. The fourth-order valence-corrected chi connectivity index (χ4v) is 3.29. The average Bonchev–Trinajstić information content (AvgIpc) is 3.24. The van der Waals surface area contributed by atoms with Gasteiger partial charge in [-0.05, 0) is 51.1 Å². The Morgan fingerprint density at radius 3 is 2.85 bits per heavy atom. The molecule has 0 aliphatic rings. The largest absolute Gasteiger partial charge is 0.356 e. The molecule has 1 amide bonds. The van der Waals surface area contributed by atoms with Crippen LogP contribution in [0.25, 0.3) is 28.0 Å². The van der Waals surface area contributed by atoms with Crippen molar-refractivity contribution in [1.82, 2.24) is 19.4 Å². The maximum atomic E-state index is 13.6. The zero-order valence-electron chi connectivity index (χ0n) is 15.3. The van der Waals surface area contributed by atoms with Crippen molar-refractivity contribution in [3.05, 3.63) is 54.1 Å². The number of rotatable bonds is 4. The van der Waals surface area contributed by atoms with E-state index in [0.29, 0.717) is 34.7 Å². The van der Waals surface area contributed by atoms with E-state index in [1.807, 2.05) is 20.8 Å². The lowest BCUT2D eigenvalue weighted by molar-refractivity contribution is 0.0717. The number of pyridine rings is 1. The summed E-state index contributed by atoms with van der Waals surface area (Å²) in [6.45, 7) is 6.54. The summed E-state index contributed by atoms with van der Waals surface area (Å²) < 4.78 is 20.7. The van der Waals surface area contributed by atoms with Crippen LogP contribution >= 0.6 is 0 Å². The van der Waals surface area contributed by atoms with Crippen molar-refractivity contribution in [3.63, 3.8) is 0 Å². The van der Waals surface area contributed by atoms with E-state index in [2.05, 4.69) is 10.1 Å². The van der Waals surface area contributed by atoms with Gasteiger partial charge >= 0.3 is 0 Å². The van der Waals surface area contributed by atoms with E-state index in [1.54, 1.807) is 39.8 Å². The van der Waals surface area contributed by atoms with Crippen LogP contribution in [0.2, 0.25) is 0 Å². The zero-order chi connectivity index (χ0) is 19.1. The topological polar surface area (TPSA) is 63.6 Å². The number of benzene rings is 1. The summed E-state index contributed by atoms with van der Waals surface area (Å²) in [4.78, 5) is 18.8. The van der Waals surface area contributed by atoms with Gasteiger partial charge in [-0.25, -0.2) is 9.37 Å². The van der Waals surface area contributed by atoms with Gasteiger partial charge in [0.1, 0.15) is 17.2 Å². The minimum atomic E-state index is -0.365. The highest BCUT2D eigenvalue weighted by Crippen LogP contribution is 2.29. The molecule has 27 heavy (non-hydrogen) atoms. The number of carbonyl (C=O) groups excluding carboxylic acids is 1. The lowest BCUT2D eigenvalue weighted by atomic mass is 10.1. The highest BCUT2D eigenvalue weighted by molar-refractivity contribution is 6.00. The number of halogens is 1. The van der Waals surface area contributed by atoms with Crippen LogP contribution in [0.5, 0.6) is 0 Å². The Labute approximate surface area is 155 Å². The molecule has 138 valence electrons. The van der Waals surface area contributed by atoms with Gasteiger partial charge in [0.25, 0.3) is 5.91 Å². The van der Waals surface area contributed by atoms with E-state index in [9.17, 15) is 9.18 Å². The van der Waals surface area contributed by atoms with Crippen molar-refractivity contribution in [2.24, 2.45) is 0 Å². The minimum Gasteiger partial charge on any atom is -0.356 e. The highest BCUT2D eigenvalue weighted by atomic mass is 19.1. The Balaban J connectivity index is 1.79. The number of aromatic nitrogens is 3. The van der Waals surface area contributed by atoms with Crippen molar-refractivity contribution in [3.8, 4) is 11.4 Å². The quantitative estimate of drug-likeness (QED) is 0.544. The standard InChI is InChI=1S/C20H19FN4O2/c1-4-24(12(2)3)20(26)13-5-7-15-17(9-13)27-23-19(15)16-10-22-18-8-6-14(21)11-25(16)18/h5-12H,4H2,1-3H3. The molecular weight excluding hydrogens is 347 g/mol. The summed E-state index contributed by atoms with van der Waals surface area (Å²) in [6.07, 6.45) is 2.99. The van der Waals surface area contributed by atoms with Crippen molar-refractivity contribution < 1.29 is 13.7 Å². The van der Waals surface area contributed by atoms with E-state index in [0.717, 1.165) is 5.39 Å². The van der Waals surface area contributed by atoms with Gasteiger partial charge in [-0.3, -0.25) is 9.20 Å². The number of hydrogen-bond donors (Lipinski definition) is 0. The first-order valence-corrected chi connectivity index (χ1v) is 8.83. The third kappa shape index (κ3) is 2.85. The summed E-state index contributed by atoms with van der Waals surface area (Å²) in [5.74, 6) is -0.417. The summed E-state index contributed by atoms with van der Waals surface area (Å²) in [5.41, 5.74) is 2.84.